The zero-order chi connectivity index (χ0) is 11.8. The highest BCUT2D eigenvalue weighted by atomic mass is 79.9. The molecule has 1 aliphatic rings. The van der Waals surface area contributed by atoms with Crippen LogP contribution in [0.25, 0.3) is 5.65 Å². The lowest BCUT2D eigenvalue weighted by molar-refractivity contribution is 0.371. The zero-order valence-corrected chi connectivity index (χ0v) is 11.1. The summed E-state index contributed by atoms with van der Waals surface area (Å²) < 4.78 is 3.09. The van der Waals surface area contributed by atoms with Gasteiger partial charge in [0.25, 0.3) is 0 Å². The molecule has 2 N–H and O–H groups in total. The Balaban J connectivity index is 2.07. The summed E-state index contributed by atoms with van der Waals surface area (Å²) in [6, 6.07) is 4.17. The van der Waals surface area contributed by atoms with Crippen LogP contribution in [0.2, 0.25) is 0 Å². The molecule has 3 rings (SSSR count). The largest absolute Gasteiger partial charge is 0.327 e. The van der Waals surface area contributed by atoms with Gasteiger partial charge in [0, 0.05) is 22.6 Å². The van der Waals surface area contributed by atoms with E-state index in [0.29, 0.717) is 5.92 Å². The van der Waals surface area contributed by atoms with Crippen LogP contribution < -0.4 is 5.73 Å². The second-order valence-electron chi connectivity index (χ2n) is 4.69. The van der Waals surface area contributed by atoms with Gasteiger partial charge >= 0.3 is 0 Å². The Morgan fingerprint density at radius 3 is 2.88 bits per heavy atom. The number of hydrogen-bond acceptors (Lipinski definition) is 3. The fourth-order valence-electron chi connectivity index (χ4n) is 2.62. The van der Waals surface area contributed by atoms with Crippen molar-refractivity contribution < 1.29 is 0 Å². The maximum atomic E-state index is 6.21. The number of nitrogens with two attached hydrogens (primary N) is 1. The minimum atomic E-state index is 0.218. The van der Waals surface area contributed by atoms with Gasteiger partial charge in [-0.1, -0.05) is 12.8 Å². The fourth-order valence-corrected chi connectivity index (χ4v) is 2.95. The molecule has 0 aliphatic heterocycles. The van der Waals surface area contributed by atoms with E-state index in [0.717, 1.165) is 28.8 Å². The van der Waals surface area contributed by atoms with Gasteiger partial charge in [-0.3, -0.25) is 4.40 Å². The van der Waals surface area contributed by atoms with E-state index in [4.69, 9.17) is 5.73 Å². The molecule has 0 bridgehead atoms. The molecule has 0 amide bonds. The Labute approximate surface area is 108 Å². The minimum Gasteiger partial charge on any atom is -0.327 e. The first-order chi connectivity index (χ1) is 8.25. The third-order valence-electron chi connectivity index (χ3n) is 3.54. The summed E-state index contributed by atoms with van der Waals surface area (Å²) >= 11 is 3.48. The van der Waals surface area contributed by atoms with E-state index in [9.17, 15) is 0 Å². The summed E-state index contributed by atoms with van der Waals surface area (Å²) in [6.07, 6.45) is 6.70. The van der Waals surface area contributed by atoms with Gasteiger partial charge in [-0.2, -0.15) is 0 Å². The molecule has 1 fully saturated rings. The highest BCUT2D eigenvalue weighted by molar-refractivity contribution is 9.10. The van der Waals surface area contributed by atoms with Crippen molar-refractivity contribution in [2.75, 3.05) is 0 Å². The molecule has 17 heavy (non-hydrogen) atoms. The van der Waals surface area contributed by atoms with Crippen molar-refractivity contribution in [3.05, 3.63) is 28.6 Å². The Bertz CT molecular complexity index is 536. The molecule has 5 heteroatoms. The molecular formula is C12H15BrN4. The maximum Gasteiger partial charge on any atom is 0.160 e. The Kier molecular flexibility index (Phi) is 2.88. The number of halogens is 1. The van der Waals surface area contributed by atoms with Gasteiger partial charge in [-0.05, 0) is 40.9 Å². The molecule has 2 aromatic heterocycles. The third kappa shape index (κ3) is 1.98. The van der Waals surface area contributed by atoms with Crippen LogP contribution in [-0.2, 0) is 0 Å². The van der Waals surface area contributed by atoms with Gasteiger partial charge in [-0.15, -0.1) is 10.2 Å². The van der Waals surface area contributed by atoms with Gasteiger partial charge in [0.05, 0.1) is 0 Å². The summed E-state index contributed by atoms with van der Waals surface area (Å²) in [4.78, 5) is 0. The number of hydrogen-bond donors (Lipinski definition) is 1. The Morgan fingerprint density at radius 1 is 1.24 bits per heavy atom. The van der Waals surface area contributed by atoms with E-state index in [2.05, 4.69) is 30.5 Å². The van der Waals surface area contributed by atoms with Gasteiger partial charge in [0.2, 0.25) is 0 Å². The number of nitrogens with zero attached hydrogens (tertiary/aromatic N) is 3. The lowest BCUT2D eigenvalue weighted by Crippen LogP contribution is -2.32. The van der Waals surface area contributed by atoms with Crippen LogP contribution in [0.3, 0.4) is 0 Å². The van der Waals surface area contributed by atoms with E-state index < -0.39 is 0 Å². The SMILES string of the molecule is NC1CCCCC1c1nnc2ccc(Br)cn12. The van der Waals surface area contributed by atoms with Crippen LogP contribution in [0.15, 0.2) is 22.8 Å². The highest BCUT2D eigenvalue weighted by Gasteiger charge is 2.27. The molecule has 0 aromatic carbocycles. The zero-order valence-electron chi connectivity index (χ0n) is 9.51. The molecular weight excluding hydrogens is 280 g/mol. The molecule has 2 unspecified atom stereocenters. The second kappa shape index (κ2) is 4.38. The van der Waals surface area contributed by atoms with Gasteiger partial charge < -0.3 is 5.73 Å². The van der Waals surface area contributed by atoms with Crippen LogP contribution in [0.4, 0.5) is 0 Å². The van der Waals surface area contributed by atoms with Crippen molar-refractivity contribution in [3.8, 4) is 0 Å². The van der Waals surface area contributed by atoms with Crippen molar-refractivity contribution >= 4 is 21.6 Å². The number of rotatable bonds is 1. The van der Waals surface area contributed by atoms with E-state index in [1.807, 2.05) is 18.3 Å². The monoisotopic (exact) mass is 294 g/mol. The maximum absolute atomic E-state index is 6.21. The van der Waals surface area contributed by atoms with Crippen LogP contribution in [0.5, 0.6) is 0 Å². The summed E-state index contributed by atoms with van der Waals surface area (Å²) in [5.74, 6) is 1.35. The summed E-state index contributed by atoms with van der Waals surface area (Å²) in [6.45, 7) is 0. The van der Waals surface area contributed by atoms with Gasteiger partial charge in [0.1, 0.15) is 5.82 Å². The first-order valence-corrected chi connectivity index (χ1v) is 6.81. The number of aromatic nitrogens is 3. The predicted octanol–water partition coefficient (Wildman–Crippen LogP) is 2.48. The normalized spacial score (nSPS) is 25.3. The molecule has 0 radical (unpaired) electrons. The predicted molar refractivity (Wildman–Crippen MR) is 69.9 cm³/mol. The van der Waals surface area contributed by atoms with Crippen LogP contribution in [-0.4, -0.2) is 20.6 Å². The van der Waals surface area contributed by atoms with Crippen molar-refractivity contribution in [2.45, 2.75) is 37.6 Å². The Morgan fingerprint density at radius 2 is 2.06 bits per heavy atom. The second-order valence-corrected chi connectivity index (χ2v) is 5.60. The first kappa shape index (κ1) is 11.2. The summed E-state index contributed by atoms with van der Waals surface area (Å²) in [5.41, 5.74) is 7.10. The lowest BCUT2D eigenvalue weighted by Gasteiger charge is -2.27. The average Bonchev–Trinajstić information content (AvgIpc) is 2.72. The summed E-state index contributed by atoms with van der Waals surface area (Å²) in [5, 5.41) is 8.53. The standard InChI is InChI=1S/C12H15BrN4/c13-8-5-6-11-15-16-12(17(11)7-8)9-3-1-2-4-10(9)14/h5-7,9-10H,1-4,14H2. The molecule has 0 saturated heterocycles. The van der Waals surface area contributed by atoms with Crippen LogP contribution in [0, 0.1) is 0 Å². The topological polar surface area (TPSA) is 56.2 Å². The van der Waals surface area contributed by atoms with Gasteiger partial charge in [-0.25, -0.2) is 0 Å². The molecule has 1 saturated carbocycles. The fraction of sp³-hybridized carbons (Fsp3) is 0.500. The molecule has 2 atom stereocenters. The van der Waals surface area contributed by atoms with Crippen molar-refractivity contribution in [2.24, 2.45) is 5.73 Å². The molecule has 1 aliphatic carbocycles. The Hall–Kier alpha value is -0.940. The van der Waals surface area contributed by atoms with E-state index in [1.54, 1.807) is 0 Å². The highest BCUT2D eigenvalue weighted by Crippen LogP contribution is 2.31. The molecule has 2 aromatic rings. The van der Waals surface area contributed by atoms with Crippen LogP contribution in [0.1, 0.15) is 37.4 Å². The third-order valence-corrected chi connectivity index (χ3v) is 4.01. The van der Waals surface area contributed by atoms with E-state index in [-0.39, 0.29) is 6.04 Å². The van der Waals surface area contributed by atoms with Gasteiger partial charge in [0.15, 0.2) is 5.65 Å². The number of pyridine rings is 1. The van der Waals surface area contributed by atoms with Crippen molar-refractivity contribution in [1.29, 1.82) is 0 Å². The molecule has 90 valence electrons. The first-order valence-electron chi connectivity index (χ1n) is 6.01. The molecule has 4 nitrogen and oxygen atoms in total. The molecule has 2 heterocycles. The minimum absolute atomic E-state index is 0.218. The van der Waals surface area contributed by atoms with Crippen LogP contribution >= 0.6 is 15.9 Å². The quantitative estimate of drug-likeness (QED) is 0.879. The van der Waals surface area contributed by atoms with E-state index in [1.165, 1.54) is 12.8 Å². The van der Waals surface area contributed by atoms with Crippen molar-refractivity contribution in [3.63, 3.8) is 0 Å². The summed E-state index contributed by atoms with van der Waals surface area (Å²) in [7, 11) is 0. The molecule has 0 spiro atoms. The smallest absolute Gasteiger partial charge is 0.160 e. The average molecular weight is 295 g/mol. The van der Waals surface area contributed by atoms with E-state index >= 15 is 0 Å². The lowest BCUT2D eigenvalue weighted by atomic mass is 9.84. The number of fused-ring (bicyclic) bond motifs is 1. The van der Waals surface area contributed by atoms with Crippen molar-refractivity contribution in [1.82, 2.24) is 14.6 Å².